The summed E-state index contributed by atoms with van der Waals surface area (Å²) in [6, 6.07) is 1.67. The number of alkyl halides is 1. The predicted molar refractivity (Wildman–Crippen MR) is 111 cm³/mol. The average Bonchev–Trinajstić information content (AvgIpc) is 3.39. The number of aliphatic hydroxyl groups excluding tert-OH is 1. The van der Waals surface area contributed by atoms with Gasteiger partial charge in [0.25, 0.3) is 0 Å². The van der Waals surface area contributed by atoms with Crippen molar-refractivity contribution in [1.82, 2.24) is 14.6 Å². The van der Waals surface area contributed by atoms with Gasteiger partial charge in [-0.25, -0.2) is 13.9 Å². The molecule has 2 saturated heterocycles. The van der Waals surface area contributed by atoms with Crippen molar-refractivity contribution in [2.24, 2.45) is 0 Å². The van der Waals surface area contributed by atoms with Crippen LogP contribution in [0.5, 0.6) is 0 Å². The third kappa shape index (κ3) is 5.01. The number of aliphatic hydroxyl groups is 1. The molecule has 4 rings (SSSR count). The van der Waals surface area contributed by atoms with Crippen LogP contribution in [0.1, 0.15) is 24.6 Å². The highest BCUT2D eigenvalue weighted by Gasteiger charge is 2.47. The Bertz CT molecular complexity index is 1090. The molecule has 2 aromatic heterocycles. The molecule has 2 aliphatic heterocycles. The molecule has 2 aromatic rings. The van der Waals surface area contributed by atoms with E-state index in [0.29, 0.717) is 5.65 Å². The molecule has 4 N–H and O–H groups in total. The van der Waals surface area contributed by atoms with Gasteiger partial charge in [-0.2, -0.15) is 5.10 Å². The Morgan fingerprint density at radius 1 is 1.28 bits per heavy atom. The first kappa shape index (κ1) is 24.0. The van der Waals surface area contributed by atoms with Crippen molar-refractivity contribution >= 4 is 38.1 Å². The minimum absolute atomic E-state index is 0.158. The maximum Gasteiger partial charge on any atom is 0.340 e. The summed E-state index contributed by atoms with van der Waals surface area (Å²) >= 11 is 6.17. The summed E-state index contributed by atoms with van der Waals surface area (Å²) in [5, 5.41) is 14.6. The Morgan fingerprint density at radius 3 is 2.62 bits per heavy atom. The zero-order valence-corrected chi connectivity index (χ0v) is 19.1. The first-order chi connectivity index (χ1) is 15.0. The van der Waals surface area contributed by atoms with Crippen LogP contribution in [0.15, 0.2) is 12.3 Å². The van der Waals surface area contributed by atoms with E-state index in [-0.39, 0.29) is 10.8 Å². The molecule has 4 heterocycles. The van der Waals surface area contributed by atoms with Crippen LogP contribution < -0.4 is 4.90 Å². The molecule has 5 atom stereocenters. The van der Waals surface area contributed by atoms with Gasteiger partial charge >= 0.3 is 15.2 Å². The van der Waals surface area contributed by atoms with Crippen LogP contribution in [-0.2, 0) is 18.4 Å². The van der Waals surface area contributed by atoms with Crippen molar-refractivity contribution in [3.63, 3.8) is 0 Å². The monoisotopic (exact) mass is 514 g/mol. The van der Waals surface area contributed by atoms with Gasteiger partial charge < -0.3 is 33.9 Å². The third-order valence-corrected chi connectivity index (χ3v) is 8.95. The minimum atomic E-state index is -4.83. The lowest BCUT2D eigenvalue weighted by molar-refractivity contribution is -0.0199. The Kier molecular flexibility index (Phi) is 6.68. The van der Waals surface area contributed by atoms with Gasteiger partial charge in [-0.05, 0) is 12.8 Å². The molecule has 2 aliphatic rings. The van der Waals surface area contributed by atoms with E-state index in [0.717, 1.165) is 31.6 Å². The van der Waals surface area contributed by atoms with E-state index in [4.69, 9.17) is 26.1 Å². The van der Waals surface area contributed by atoms with E-state index in [1.54, 1.807) is 6.07 Å². The molecule has 16 heteroatoms. The van der Waals surface area contributed by atoms with E-state index < -0.39 is 52.2 Å². The largest absolute Gasteiger partial charge is 0.387 e. The minimum Gasteiger partial charge on any atom is -0.387 e. The predicted octanol–water partition coefficient (Wildman–Crippen LogP) is 1.46. The number of rotatable bonds is 7. The number of hydrogen-bond donors (Lipinski definition) is 4. The number of aromatic nitrogens is 3. The molecule has 12 nitrogen and oxygen atoms in total. The second-order valence-corrected chi connectivity index (χ2v) is 12.1. The molecule has 2 fully saturated rings. The van der Waals surface area contributed by atoms with Crippen LogP contribution in [0, 0.1) is 0 Å². The molecule has 2 unspecified atom stereocenters. The maximum atomic E-state index is 14.9. The second-order valence-electron chi connectivity index (χ2n) is 7.73. The maximum absolute atomic E-state index is 14.9. The summed E-state index contributed by atoms with van der Waals surface area (Å²) in [7, 11) is -9.51. The summed E-state index contributed by atoms with van der Waals surface area (Å²) < 4.78 is 49.2. The number of halogens is 2. The van der Waals surface area contributed by atoms with Gasteiger partial charge in [0.1, 0.15) is 18.3 Å². The highest BCUT2D eigenvalue weighted by atomic mass is 35.5. The molecule has 0 saturated carbocycles. The van der Waals surface area contributed by atoms with Crippen LogP contribution in [0.25, 0.3) is 5.65 Å². The molecule has 0 amide bonds. The van der Waals surface area contributed by atoms with Crippen molar-refractivity contribution in [1.29, 1.82) is 0 Å². The average molecular weight is 515 g/mol. The van der Waals surface area contributed by atoms with Crippen LogP contribution >= 0.6 is 26.8 Å². The number of imidazole rings is 1. The first-order valence-electron chi connectivity index (χ1n) is 9.73. The number of hydrogen-bond acceptors (Lipinski definition) is 8. The van der Waals surface area contributed by atoms with Crippen molar-refractivity contribution in [2.45, 2.75) is 37.3 Å². The third-order valence-electron chi connectivity index (χ3n) is 5.30. The van der Waals surface area contributed by atoms with E-state index in [1.165, 1.54) is 10.7 Å². The fourth-order valence-corrected chi connectivity index (χ4v) is 6.64. The van der Waals surface area contributed by atoms with Crippen molar-refractivity contribution < 1.29 is 42.6 Å². The van der Waals surface area contributed by atoms with Gasteiger partial charge in [0, 0.05) is 19.2 Å². The van der Waals surface area contributed by atoms with E-state index in [1.807, 2.05) is 0 Å². The number of nitrogens with zero attached hydrogens (tertiary/aromatic N) is 4. The zero-order chi connectivity index (χ0) is 23.3. The highest BCUT2D eigenvalue weighted by Crippen LogP contribution is 2.55. The quantitative estimate of drug-likeness (QED) is 0.395. The molecule has 178 valence electrons. The molecular weight excluding hydrogens is 493 g/mol. The normalized spacial score (nSPS) is 28.5. The number of fused-ring (bicyclic) bond motifs is 1. The molecule has 0 spiro atoms. The molecule has 0 bridgehead atoms. The Balaban J connectivity index is 1.55. The summed E-state index contributed by atoms with van der Waals surface area (Å²) in [5.41, 5.74) is 1.36. The summed E-state index contributed by atoms with van der Waals surface area (Å²) in [6.45, 7) is 0.880. The van der Waals surface area contributed by atoms with Gasteiger partial charge in [-0.15, -0.1) is 0 Å². The second kappa shape index (κ2) is 8.90. The van der Waals surface area contributed by atoms with Crippen LogP contribution in [0.2, 0.25) is 5.15 Å². The van der Waals surface area contributed by atoms with Crippen molar-refractivity contribution in [2.75, 3.05) is 30.5 Å². The zero-order valence-electron chi connectivity index (χ0n) is 16.6. The molecule has 32 heavy (non-hydrogen) atoms. The lowest BCUT2D eigenvalue weighted by Gasteiger charge is -2.19. The molecular formula is C16H22ClFN4O8P2. The van der Waals surface area contributed by atoms with E-state index in [2.05, 4.69) is 19.5 Å². The fraction of sp³-hybridized carbons (Fsp3) is 0.625. The summed E-state index contributed by atoms with van der Waals surface area (Å²) in [5.74, 6) is -1.40. The van der Waals surface area contributed by atoms with Gasteiger partial charge in [-0.1, -0.05) is 11.6 Å². The van der Waals surface area contributed by atoms with Crippen LogP contribution in [0.4, 0.5) is 10.1 Å². The Labute approximate surface area is 186 Å². The van der Waals surface area contributed by atoms with Crippen molar-refractivity contribution in [3.05, 3.63) is 23.1 Å². The first-order valence-corrected chi connectivity index (χ1v) is 13.7. The SMILES string of the molecule is O=P(O)(O)CP(=O)(O)OC[C@H]1OC(c2cnc3c(N4CCCC4)cc(Cl)nn23)[C@@H](F)[C@@H]1O. The fourth-order valence-electron chi connectivity index (χ4n) is 3.89. The summed E-state index contributed by atoms with van der Waals surface area (Å²) in [6.07, 6.45) is -2.97. The van der Waals surface area contributed by atoms with Crippen molar-refractivity contribution in [3.8, 4) is 0 Å². The van der Waals surface area contributed by atoms with Crippen LogP contribution in [-0.4, -0.2) is 78.4 Å². The van der Waals surface area contributed by atoms with Gasteiger partial charge in [-0.3, -0.25) is 9.13 Å². The molecule has 0 aromatic carbocycles. The number of ether oxygens (including phenoxy) is 1. The smallest absolute Gasteiger partial charge is 0.340 e. The van der Waals surface area contributed by atoms with Gasteiger partial charge in [0.05, 0.1) is 24.2 Å². The van der Waals surface area contributed by atoms with E-state index in [9.17, 15) is 23.5 Å². The molecule has 0 aliphatic carbocycles. The molecule has 0 radical (unpaired) electrons. The van der Waals surface area contributed by atoms with Gasteiger partial charge in [0.2, 0.25) is 0 Å². The summed E-state index contributed by atoms with van der Waals surface area (Å²) in [4.78, 5) is 33.7. The number of anilines is 1. The highest BCUT2D eigenvalue weighted by molar-refractivity contribution is 7.70. The van der Waals surface area contributed by atoms with E-state index >= 15 is 0 Å². The Morgan fingerprint density at radius 2 is 1.97 bits per heavy atom. The standard InChI is InChI=1S/C16H22ClFN4O8P2/c17-12-5-9(21-3-1-2-4-21)16-19-6-10(22(16)20-12)15-13(18)14(23)11(30-15)7-29-32(27,28)8-31(24,25)26/h5-6,11,13-15,23H,1-4,7-8H2,(H,27,28)(H2,24,25,26)/t11-,13+,14-,15?/m1/s1. The lowest BCUT2D eigenvalue weighted by atomic mass is 10.1. The lowest BCUT2D eigenvalue weighted by Crippen LogP contribution is -2.31. The topological polar surface area (TPSA) is 167 Å². The Hall–Kier alpha value is -1.14. The van der Waals surface area contributed by atoms with Gasteiger partial charge in [0.15, 0.2) is 22.9 Å². The van der Waals surface area contributed by atoms with Crippen LogP contribution in [0.3, 0.4) is 0 Å².